The fourth-order valence-electron chi connectivity index (χ4n) is 2.37. The molecule has 0 bridgehead atoms. The highest BCUT2D eigenvalue weighted by molar-refractivity contribution is 7.90. The van der Waals surface area contributed by atoms with Crippen molar-refractivity contribution < 1.29 is 30.2 Å². The lowest BCUT2D eigenvalue weighted by atomic mass is 10.2. The Morgan fingerprint density at radius 3 is 2.11 bits per heavy atom. The van der Waals surface area contributed by atoms with Gasteiger partial charge in [0, 0.05) is 12.1 Å². The predicted molar refractivity (Wildman–Crippen MR) is 98.1 cm³/mol. The Morgan fingerprint density at radius 2 is 1.50 bits per heavy atom. The second-order valence-corrected chi connectivity index (χ2v) is 7.05. The highest BCUT2D eigenvalue weighted by Gasteiger charge is 2.20. The molecule has 1 aromatic heterocycles. The molecule has 0 unspecified atom stereocenters. The SMILES string of the molecule is CC[n+]1ccc(N=NS(=O)(=O)c2ccccc2)c2ccccc21.F[B-](F)(F)F. The Bertz CT molecular complexity index is 1070. The van der Waals surface area contributed by atoms with Crippen LogP contribution in [0.2, 0.25) is 0 Å². The fraction of sp³-hybridized carbons (Fsp3) is 0.118. The normalized spacial score (nSPS) is 12.0. The average molecular weight is 413 g/mol. The van der Waals surface area contributed by atoms with Crippen LogP contribution in [0.15, 0.2) is 81.4 Å². The molecule has 148 valence electrons. The van der Waals surface area contributed by atoms with E-state index in [2.05, 4.69) is 14.2 Å². The molecule has 0 atom stereocenters. The zero-order valence-electron chi connectivity index (χ0n) is 14.7. The summed E-state index contributed by atoms with van der Waals surface area (Å²) in [5, 5.41) is 4.85. The van der Waals surface area contributed by atoms with Gasteiger partial charge in [-0.15, -0.1) is 5.11 Å². The number of sulfonamides is 1. The van der Waals surface area contributed by atoms with Crippen molar-refractivity contribution in [1.82, 2.24) is 0 Å². The number of aryl methyl sites for hydroxylation is 1. The van der Waals surface area contributed by atoms with Crippen LogP contribution in [0.5, 0.6) is 0 Å². The van der Waals surface area contributed by atoms with Crippen LogP contribution >= 0.6 is 0 Å². The fourth-order valence-corrected chi connectivity index (χ4v) is 3.16. The van der Waals surface area contributed by atoms with Crippen molar-refractivity contribution in [2.24, 2.45) is 9.63 Å². The van der Waals surface area contributed by atoms with E-state index in [9.17, 15) is 25.7 Å². The van der Waals surface area contributed by atoms with Crippen molar-refractivity contribution in [2.75, 3.05) is 0 Å². The number of aromatic nitrogens is 1. The third-order valence-electron chi connectivity index (χ3n) is 3.54. The highest BCUT2D eigenvalue weighted by atomic mass is 32.2. The molecule has 5 nitrogen and oxygen atoms in total. The highest BCUT2D eigenvalue weighted by Crippen LogP contribution is 2.25. The Balaban J connectivity index is 0.000000500. The number of fused-ring (bicyclic) bond motifs is 1. The largest absolute Gasteiger partial charge is 0.673 e. The first-order valence-electron chi connectivity index (χ1n) is 8.13. The van der Waals surface area contributed by atoms with Crippen molar-refractivity contribution in [2.45, 2.75) is 18.4 Å². The molecule has 0 radical (unpaired) electrons. The number of nitrogens with zero attached hydrogens (tertiary/aromatic N) is 3. The number of para-hydroxylation sites is 1. The molecule has 11 heteroatoms. The number of pyridine rings is 1. The lowest BCUT2D eigenvalue weighted by Gasteiger charge is -2.01. The maximum Gasteiger partial charge on any atom is 0.673 e. The smallest absolute Gasteiger partial charge is 0.418 e. The summed E-state index contributed by atoms with van der Waals surface area (Å²) in [4.78, 5) is 0.132. The van der Waals surface area contributed by atoms with E-state index in [4.69, 9.17) is 0 Å². The van der Waals surface area contributed by atoms with Gasteiger partial charge >= 0.3 is 7.25 Å². The summed E-state index contributed by atoms with van der Waals surface area (Å²) in [6.07, 6.45) is 1.88. The lowest BCUT2D eigenvalue weighted by Crippen LogP contribution is -2.32. The van der Waals surface area contributed by atoms with Crippen LogP contribution in [0.3, 0.4) is 0 Å². The monoisotopic (exact) mass is 413 g/mol. The van der Waals surface area contributed by atoms with Crippen molar-refractivity contribution in [1.29, 1.82) is 0 Å². The maximum atomic E-state index is 12.2. The van der Waals surface area contributed by atoms with E-state index in [1.165, 1.54) is 12.1 Å². The number of rotatable bonds is 4. The molecule has 0 saturated carbocycles. The van der Waals surface area contributed by atoms with E-state index in [1.54, 1.807) is 24.3 Å². The summed E-state index contributed by atoms with van der Waals surface area (Å²) in [5.74, 6) is 0. The Labute approximate surface area is 159 Å². The van der Waals surface area contributed by atoms with Gasteiger partial charge in [0.15, 0.2) is 6.20 Å². The molecule has 1 heterocycles. The Morgan fingerprint density at radius 1 is 0.929 bits per heavy atom. The summed E-state index contributed by atoms with van der Waals surface area (Å²) in [7, 11) is -9.79. The van der Waals surface area contributed by atoms with Gasteiger partial charge in [0.25, 0.3) is 10.0 Å². The molecule has 0 amide bonds. The maximum absolute atomic E-state index is 12.2. The molecule has 0 fully saturated rings. The molecule has 3 rings (SSSR count). The first-order valence-corrected chi connectivity index (χ1v) is 9.57. The van der Waals surface area contributed by atoms with Gasteiger partial charge in [0.05, 0.1) is 10.3 Å². The third-order valence-corrected chi connectivity index (χ3v) is 4.70. The summed E-state index contributed by atoms with van der Waals surface area (Å²) in [6.45, 7) is 2.87. The molecule has 0 saturated heterocycles. The summed E-state index contributed by atoms with van der Waals surface area (Å²) < 4.78 is 69.1. The van der Waals surface area contributed by atoms with Crippen LogP contribution in [-0.2, 0) is 16.6 Å². The number of hydrogen-bond donors (Lipinski definition) is 0. The van der Waals surface area contributed by atoms with Gasteiger partial charge in [-0.3, -0.25) is 0 Å². The van der Waals surface area contributed by atoms with Crippen molar-refractivity contribution in [3.05, 3.63) is 66.9 Å². The molecular formula is C17H16BF4N3O2S. The predicted octanol–water partition coefficient (Wildman–Crippen LogP) is 4.92. The van der Waals surface area contributed by atoms with Gasteiger partial charge in [-0.2, -0.15) is 13.0 Å². The van der Waals surface area contributed by atoms with E-state index in [1.807, 2.05) is 37.4 Å². The average Bonchev–Trinajstić information content (AvgIpc) is 2.65. The molecule has 0 aliphatic carbocycles. The Hall–Kier alpha value is -2.82. The number of benzene rings is 2. The summed E-state index contributed by atoms with van der Waals surface area (Å²) in [5.41, 5.74) is 1.52. The van der Waals surface area contributed by atoms with Crippen molar-refractivity contribution in [3.63, 3.8) is 0 Å². The van der Waals surface area contributed by atoms with Crippen LogP contribution in [0.1, 0.15) is 6.92 Å². The molecule has 0 aliphatic rings. The first kappa shape index (κ1) is 21.5. The van der Waals surface area contributed by atoms with Crippen LogP contribution in [0.4, 0.5) is 23.0 Å². The van der Waals surface area contributed by atoms with Crippen LogP contribution in [0.25, 0.3) is 10.9 Å². The summed E-state index contributed by atoms with van der Waals surface area (Å²) in [6, 6.07) is 17.6. The molecule has 2 aromatic carbocycles. The molecule has 3 aromatic rings. The second-order valence-electron chi connectivity index (χ2n) is 5.47. The van der Waals surface area contributed by atoms with E-state index in [0.717, 1.165) is 17.4 Å². The minimum atomic E-state index is -6.00. The quantitative estimate of drug-likeness (QED) is 0.264. The second kappa shape index (κ2) is 8.92. The lowest BCUT2D eigenvalue weighted by molar-refractivity contribution is -0.667. The number of hydrogen-bond acceptors (Lipinski definition) is 3. The standard InChI is InChI=1S/C17H16N3O2S.BF4/c1-2-20-13-12-16(15-10-6-7-11-17(15)20)18-19-23(21,22)14-8-4-3-5-9-14;2-1(3,4)5/h3-13H,2H2,1H3;/q+1;-1. The molecule has 28 heavy (non-hydrogen) atoms. The summed E-state index contributed by atoms with van der Waals surface area (Å²) >= 11 is 0. The van der Waals surface area contributed by atoms with Gasteiger partial charge in [-0.1, -0.05) is 34.9 Å². The van der Waals surface area contributed by atoms with Crippen molar-refractivity contribution in [3.8, 4) is 0 Å². The minimum absolute atomic E-state index is 0.132. The first-order chi connectivity index (χ1) is 13.1. The van der Waals surface area contributed by atoms with Crippen LogP contribution < -0.4 is 4.57 Å². The number of halogens is 4. The van der Waals surface area contributed by atoms with Crippen LogP contribution in [-0.4, -0.2) is 15.7 Å². The van der Waals surface area contributed by atoms with E-state index < -0.39 is 17.3 Å². The van der Waals surface area contributed by atoms with Crippen molar-refractivity contribution >= 4 is 33.9 Å². The molecular weight excluding hydrogens is 397 g/mol. The molecule has 0 aliphatic heterocycles. The molecule has 0 spiro atoms. The van der Waals surface area contributed by atoms with E-state index in [-0.39, 0.29) is 4.90 Å². The van der Waals surface area contributed by atoms with Gasteiger partial charge in [0.1, 0.15) is 12.2 Å². The minimum Gasteiger partial charge on any atom is -0.418 e. The topological polar surface area (TPSA) is 62.7 Å². The third kappa shape index (κ3) is 6.12. The van der Waals surface area contributed by atoms with Gasteiger partial charge in [0.2, 0.25) is 5.52 Å². The van der Waals surface area contributed by atoms with Gasteiger partial charge in [-0.25, -0.2) is 0 Å². The van der Waals surface area contributed by atoms with E-state index >= 15 is 0 Å². The van der Waals surface area contributed by atoms with Crippen LogP contribution in [0, 0.1) is 0 Å². The van der Waals surface area contributed by atoms with Gasteiger partial charge < -0.3 is 17.3 Å². The van der Waals surface area contributed by atoms with E-state index in [0.29, 0.717) is 5.69 Å². The molecule has 0 N–H and O–H groups in total. The van der Waals surface area contributed by atoms with Gasteiger partial charge in [-0.05, 0) is 25.1 Å². The zero-order valence-corrected chi connectivity index (χ0v) is 15.5. The zero-order chi connectivity index (χ0) is 20.8. The Kier molecular flexibility index (Phi) is 6.84.